The normalized spacial score (nSPS) is 18.2. The van der Waals surface area contributed by atoms with Crippen molar-refractivity contribution in [3.8, 4) is 0 Å². The zero-order chi connectivity index (χ0) is 12.6. The first-order chi connectivity index (χ1) is 7.15. The maximum Gasteiger partial charge on any atom is 0.410 e. The van der Waals surface area contributed by atoms with Gasteiger partial charge in [0.25, 0.3) is 0 Å². The van der Waals surface area contributed by atoms with Crippen LogP contribution in [0.25, 0.3) is 0 Å². The molecular weight excluding hydrogens is 204 g/mol. The third-order valence-corrected chi connectivity index (χ3v) is 3.16. The van der Waals surface area contributed by atoms with Gasteiger partial charge in [-0.3, -0.25) is 0 Å². The number of ether oxygens (including phenoxy) is 1. The Morgan fingerprint density at radius 3 is 2.19 bits per heavy atom. The van der Waals surface area contributed by atoms with Gasteiger partial charge >= 0.3 is 6.09 Å². The minimum atomic E-state index is -0.411. The number of rotatable bonds is 2. The summed E-state index contributed by atoms with van der Waals surface area (Å²) in [6.07, 6.45) is -0.212. The Balaban J connectivity index is 2.39. The lowest BCUT2D eigenvalue weighted by Gasteiger charge is -2.47. The minimum absolute atomic E-state index is 0.110. The van der Waals surface area contributed by atoms with Crippen LogP contribution in [-0.4, -0.2) is 36.2 Å². The largest absolute Gasteiger partial charge is 0.444 e. The summed E-state index contributed by atoms with van der Waals surface area (Å²) in [5, 5.41) is 0. The molecule has 4 heteroatoms. The lowest BCUT2D eigenvalue weighted by atomic mass is 9.74. The van der Waals surface area contributed by atoms with E-state index in [1.54, 1.807) is 4.90 Å². The molecule has 1 heterocycles. The van der Waals surface area contributed by atoms with Crippen LogP contribution in [0.15, 0.2) is 0 Å². The Kier molecular flexibility index (Phi) is 3.53. The van der Waals surface area contributed by atoms with Crippen LogP contribution in [0, 0.1) is 11.3 Å². The van der Waals surface area contributed by atoms with Gasteiger partial charge in [-0.2, -0.15) is 0 Å². The van der Waals surface area contributed by atoms with E-state index < -0.39 is 5.60 Å². The Morgan fingerprint density at radius 2 is 1.81 bits per heavy atom. The molecule has 0 saturated carbocycles. The van der Waals surface area contributed by atoms with E-state index in [1.807, 2.05) is 20.8 Å². The van der Waals surface area contributed by atoms with Crippen molar-refractivity contribution in [1.82, 2.24) is 4.90 Å². The molecule has 1 rings (SSSR count). The second-order valence-corrected chi connectivity index (χ2v) is 6.27. The van der Waals surface area contributed by atoms with E-state index in [0.717, 1.165) is 13.1 Å². The van der Waals surface area contributed by atoms with Crippen molar-refractivity contribution in [3.63, 3.8) is 0 Å². The summed E-state index contributed by atoms with van der Waals surface area (Å²) in [4.78, 5) is 13.4. The van der Waals surface area contributed by atoms with Crippen LogP contribution in [0.4, 0.5) is 4.79 Å². The first-order valence-corrected chi connectivity index (χ1v) is 5.84. The van der Waals surface area contributed by atoms with Crippen LogP contribution < -0.4 is 5.73 Å². The zero-order valence-electron chi connectivity index (χ0n) is 11.0. The molecule has 4 nitrogen and oxygen atoms in total. The van der Waals surface area contributed by atoms with Crippen LogP contribution in [0.3, 0.4) is 0 Å². The summed E-state index contributed by atoms with van der Waals surface area (Å²) in [7, 11) is 0. The molecular formula is C12H24N2O2. The SMILES string of the molecule is CC(C)(C)OC(=O)N1CC(C(C)(C)CN)C1. The highest BCUT2D eigenvalue weighted by Gasteiger charge is 2.41. The molecule has 0 aliphatic carbocycles. The number of nitrogens with zero attached hydrogens (tertiary/aromatic N) is 1. The van der Waals surface area contributed by atoms with Crippen molar-refractivity contribution in [3.05, 3.63) is 0 Å². The average Bonchev–Trinajstić information content (AvgIpc) is 1.96. The van der Waals surface area contributed by atoms with Crippen LogP contribution in [0.1, 0.15) is 34.6 Å². The minimum Gasteiger partial charge on any atom is -0.444 e. The summed E-state index contributed by atoms with van der Waals surface area (Å²) in [5.41, 5.74) is 5.40. The van der Waals surface area contributed by atoms with Gasteiger partial charge in [-0.15, -0.1) is 0 Å². The highest BCUT2D eigenvalue weighted by molar-refractivity contribution is 5.69. The Hall–Kier alpha value is -0.770. The summed E-state index contributed by atoms with van der Waals surface area (Å²) in [6, 6.07) is 0. The first kappa shape index (κ1) is 13.3. The fraction of sp³-hybridized carbons (Fsp3) is 0.917. The molecule has 1 aliphatic rings. The topological polar surface area (TPSA) is 55.6 Å². The van der Waals surface area contributed by atoms with E-state index in [2.05, 4.69) is 13.8 Å². The molecule has 0 bridgehead atoms. The molecule has 0 spiro atoms. The van der Waals surface area contributed by atoms with Crippen LogP contribution in [-0.2, 0) is 4.74 Å². The maximum absolute atomic E-state index is 11.7. The van der Waals surface area contributed by atoms with E-state index in [9.17, 15) is 4.79 Å². The second kappa shape index (κ2) is 4.24. The molecule has 94 valence electrons. The number of hydrogen-bond acceptors (Lipinski definition) is 3. The van der Waals surface area contributed by atoms with Gasteiger partial charge in [-0.1, -0.05) is 13.8 Å². The molecule has 16 heavy (non-hydrogen) atoms. The monoisotopic (exact) mass is 228 g/mol. The molecule has 1 saturated heterocycles. The maximum atomic E-state index is 11.7. The number of nitrogens with two attached hydrogens (primary N) is 1. The molecule has 1 amide bonds. The number of amides is 1. The van der Waals surface area contributed by atoms with E-state index in [1.165, 1.54) is 0 Å². The molecule has 1 aliphatic heterocycles. The van der Waals surface area contributed by atoms with Crippen molar-refractivity contribution in [1.29, 1.82) is 0 Å². The molecule has 0 aromatic rings. The molecule has 0 atom stereocenters. The van der Waals surface area contributed by atoms with Gasteiger partial charge < -0.3 is 15.4 Å². The molecule has 1 fully saturated rings. The molecule has 0 radical (unpaired) electrons. The van der Waals surface area contributed by atoms with E-state index >= 15 is 0 Å². The first-order valence-electron chi connectivity index (χ1n) is 5.84. The second-order valence-electron chi connectivity index (χ2n) is 6.27. The summed E-state index contributed by atoms with van der Waals surface area (Å²) in [5.74, 6) is 0.491. The zero-order valence-corrected chi connectivity index (χ0v) is 11.0. The Morgan fingerprint density at radius 1 is 1.31 bits per heavy atom. The van der Waals surface area contributed by atoms with Crippen LogP contribution in [0.2, 0.25) is 0 Å². The highest BCUT2D eigenvalue weighted by atomic mass is 16.6. The average molecular weight is 228 g/mol. The summed E-state index contributed by atoms with van der Waals surface area (Å²) < 4.78 is 5.29. The van der Waals surface area contributed by atoms with Gasteiger partial charge in [0.15, 0.2) is 0 Å². The van der Waals surface area contributed by atoms with Crippen LogP contribution in [0.5, 0.6) is 0 Å². The van der Waals surface area contributed by atoms with Gasteiger partial charge in [-0.25, -0.2) is 4.79 Å². The van der Waals surface area contributed by atoms with Gasteiger partial charge in [-0.05, 0) is 32.7 Å². The Labute approximate surface area is 98.1 Å². The van der Waals surface area contributed by atoms with Gasteiger partial charge in [0, 0.05) is 19.0 Å². The lowest BCUT2D eigenvalue weighted by molar-refractivity contribution is -0.0228. The highest BCUT2D eigenvalue weighted by Crippen LogP contribution is 2.33. The van der Waals surface area contributed by atoms with Crippen molar-refractivity contribution >= 4 is 6.09 Å². The smallest absolute Gasteiger partial charge is 0.410 e. The number of hydrogen-bond donors (Lipinski definition) is 1. The van der Waals surface area contributed by atoms with Crippen molar-refractivity contribution in [2.75, 3.05) is 19.6 Å². The van der Waals surface area contributed by atoms with E-state index in [0.29, 0.717) is 12.5 Å². The quantitative estimate of drug-likeness (QED) is 0.784. The third-order valence-electron chi connectivity index (χ3n) is 3.16. The van der Waals surface area contributed by atoms with Crippen molar-refractivity contribution in [2.24, 2.45) is 17.1 Å². The van der Waals surface area contributed by atoms with E-state index in [-0.39, 0.29) is 11.5 Å². The summed E-state index contributed by atoms with van der Waals surface area (Å²) in [6.45, 7) is 12.1. The van der Waals surface area contributed by atoms with Crippen molar-refractivity contribution < 1.29 is 9.53 Å². The van der Waals surface area contributed by atoms with Crippen molar-refractivity contribution in [2.45, 2.75) is 40.2 Å². The molecule has 0 unspecified atom stereocenters. The molecule has 0 aromatic carbocycles. The predicted molar refractivity (Wildman–Crippen MR) is 64.1 cm³/mol. The lowest BCUT2D eigenvalue weighted by Crippen LogP contribution is -2.57. The van der Waals surface area contributed by atoms with Gasteiger partial charge in [0.1, 0.15) is 5.60 Å². The number of carbonyl (C=O) groups is 1. The third kappa shape index (κ3) is 3.11. The number of carbonyl (C=O) groups excluding carboxylic acids is 1. The van der Waals surface area contributed by atoms with Crippen LogP contribution >= 0.6 is 0 Å². The molecule has 0 aromatic heterocycles. The van der Waals surface area contributed by atoms with Gasteiger partial charge in [0.05, 0.1) is 0 Å². The molecule has 2 N–H and O–H groups in total. The standard InChI is InChI=1S/C12H24N2O2/c1-11(2,3)16-10(15)14-6-9(7-14)12(4,5)8-13/h9H,6-8,13H2,1-5H3. The fourth-order valence-electron chi connectivity index (χ4n) is 1.62. The fourth-order valence-corrected chi connectivity index (χ4v) is 1.62. The van der Waals surface area contributed by atoms with Gasteiger partial charge in [0.2, 0.25) is 0 Å². The summed E-state index contributed by atoms with van der Waals surface area (Å²) >= 11 is 0. The Bertz CT molecular complexity index is 263. The van der Waals surface area contributed by atoms with E-state index in [4.69, 9.17) is 10.5 Å². The predicted octanol–water partition coefficient (Wildman–Crippen LogP) is 1.84. The number of likely N-dealkylation sites (tertiary alicyclic amines) is 1.